The zero-order valence-corrected chi connectivity index (χ0v) is 16.5. The standard InChI is InChI=1S/C24H19N3O4/c25-23(28)20-13-18(11-12-22(20)30-15-17-7-3-1-4-8-17)21-14-27(16-26-21)24(29)31-19-9-5-2-6-10-19/h1-14,16H,15H2,(H2,25,28). The fraction of sp³-hybridized carbons (Fsp3) is 0.0417. The van der Waals surface area contributed by atoms with Crippen molar-refractivity contribution in [1.29, 1.82) is 0 Å². The van der Waals surface area contributed by atoms with Gasteiger partial charge in [0.25, 0.3) is 5.91 Å². The molecule has 7 heteroatoms. The van der Waals surface area contributed by atoms with Crippen LogP contribution < -0.4 is 15.2 Å². The minimum absolute atomic E-state index is 0.231. The summed E-state index contributed by atoms with van der Waals surface area (Å²) in [6.07, 6.45) is 2.28. The van der Waals surface area contributed by atoms with Crippen molar-refractivity contribution >= 4 is 12.0 Å². The number of aromatic nitrogens is 2. The number of para-hydroxylation sites is 1. The zero-order valence-electron chi connectivity index (χ0n) is 16.5. The topological polar surface area (TPSA) is 96.4 Å². The highest BCUT2D eigenvalue weighted by molar-refractivity contribution is 5.97. The molecule has 4 aromatic rings. The first-order valence-corrected chi connectivity index (χ1v) is 9.52. The number of ether oxygens (including phenoxy) is 2. The molecule has 1 aromatic heterocycles. The lowest BCUT2D eigenvalue weighted by atomic mass is 10.1. The summed E-state index contributed by atoms with van der Waals surface area (Å²) in [4.78, 5) is 28.5. The van der Waals surface area contributed by atoms with Gasteiger partial charge in [-0.1, -0.05) is 48.5 Å². The van der Waals surface area contributed by atoms with E-state index in [9.17, 15) is 9.59 Å². The summed E-state index contributed by atoms with van der Waals surface area (Å²) < 4.78 is 12.3. The minimum atomic E-state index is -0.618. The van der Waals surface area contributed by atoms with Crippen molar-refractivity contribution in [3.63, 3.8) is 0 Å². The molecular formula is C24H19N3O4. The second-order valence-electron chi connectivity index (χ2n) is 6.70. The van der Waals surface area contributed by atoms with E-state index in [1.54, 1.807) is 42.5 Å². The Morgan fingerprint density at radius 3 is 2.35 bits per heavy atom. The van der Waals surface area contributed by atoms with E-state index < -0.39 is 12.0 Å². The van der Waals surface area contributed by atoms with E-state index in [0.29, 0.717) is 29.4 Å². The van der Waals surface area contributed by atoms with Gasteiger partial charge in [0.2, 0.25) is 0 Å². The average molecular weight is 413 g/mol. The van der Waals surface area contributed by atoms with Gasteiger partial charge in [-0.25, -0.2) is 14.3 Å². The van der Waals surface area contributed by atoms with Crippen molar-refractivity contribution in [2.45, 2.75) is 6.61 Å². The summed E-state index contributed by atoms with van der Waals surface area (Å²) in [5.74, 6) is 0.189. The SMILES string of the molecule is NC(=O)c1cc(-c2cn(C(=O)Oc3ccccc3)cn2)ccc1OCc1ccccc1. The number of imidazole rings is 1. The van der Waals surface area contributed by atoms with Gasteiger partial charge < -0.3 is 15.2 Å². The summed E-state index contributed by atoms with van der Waals surface area (Å²) in [6.45, 7) is 0.306. The normalized spacial score (nSPS) is 10.5. The van der Waals surface area contributed by atoms with Crippen molar-refractivity contribution in [2.75, 3.05) is 0 Å². The van der Waals surface area contributed by atoms with Crippen molar-refractivity contribution in [2.24, 2.45) is 5.73 Å². The number of primary amides is 1. The molecule has 4 rings (SSSR count). The Kier molecular flexibility index (Phi) is 5.75. The van der Waals surface area contributed by atoms with E-state index in [4.69, 9.17) is 15.2 Å². The number of rotatable bonds is 6. The lowest BCUT2D eigenvalue weighted by molar-refractivity contribution is 0.0996. The van der Waals surface area contributed by atoms with Crippen molar-refractivity contribution < 1.29 is 19.1 Å². The van der Waals surface area contributed by atoms with Crippen LogP contribution in [0, 0.1) is 0 Å². The number of benzene rings is 3. The first kappa shape index (κ1) is 19.9. The lowest BCUT2D eigenvalue weighted by Crippen LogP contribution is -2.14. The molecule has 0 aliphatic carbocycles. The third-order valence-corrected chi connectivity index (χ3v) is 4.52. The maximum atomic E-state index is 12.3. The Bertz CT molecular complexity index is 1200. The highest BCUT2D eigenvalue weighted by Gasteiger charge is 2.15. The maximum absolute atomic E-state index is 12.3. The molecule has 0 unspecified atom stereocenters. The Labute approximate surface area is 178 Å². The largest absolute Gasteiger partial charge is 0.488 e. The molecule has 0 bridgehead atoms. The fourth-order valence-corrected chi connectivity index (χ4v) is 2.96. The highest BCUT2D eigenvalue weighted by atomic mass is 16.6. The number of hydrogen-bond donors (Lipinski definition) is 1. The van der Waals surface area contributed by atoms with Gasteiger partial charge in [-0.2, -0.15) is 0 Å². The molecule has 1 amide bonds. The van der Waals surface area contributed by atoms with Crippen molar-refractivity contribution in [3.8, 4) is 22.8 Å². The molecule has 0 saturated carbocycles. The van der Waals surface area contributed by atoms with Gasteiger partial charge in [0.15, 0.2) is 0 Å². The Balaban J connectivity index is 1.52. The molecule has 0 spiro atoms. The third-order valence-electron chi connectivity index (χ3n) is 4.52. The number of nitrogens with two attached hydrogens (primary N) is 1. The first-order valence-electron chi connectivity index (χ1n) is 9.52. The molecule has 7 nitrogen and oxygen atoms in total. The number of carbonyl (C=O) groups is 2. The van der Waals surface area contributed by atoms with Gasteiger partial charge in [-0.3, -0.25) is 4.79 Å². The predicted octanol–water partition coefficient (Wildman–Crippen LogP) is 4.28. The average Bonchev–Trinajstić information content (AvgIpc) is 3.29. The smallest absolute Gasteiger partial charge is 0.424 e. The van der Waals surface area contributed by atoms with Gasteiger partial charge in [0.05, 0.1) is 11.3 Å². The predicted molar refractivity (Wildman–Crippen MR) is 115 cm³/mol. The second kappa shape index (κ2) is 8.96. The summed E-state index contributed by atoms with van der Waals surface area (Å²) in [6, 6.07) is 23.4. The monoisotopic (exact) mass is 413 g/mol. The highest BCUT2D eigenvalue weighted by Crippen LogP contribution is 2.26. The molecular weight excluding hydrogens is 394 g/mol. The maximum Gasteiger partial charge on any atom is 0.424 e. The number of amides is 1. The van der Waals surface area contributed by atoms with Gasteiger partial charge in [-0.05, 0) is 35.9 Å². The molecule has 154 valence electrons. The van der Waals surface area contributed by atoms with Crippen LogP contribution in [0.15, 0.2) is 91.4 Å². The minimum Gasteiger partial charge on any atom is -0.488 e. The van der Waals surface area contributed by atoms with Gasteiger partial charge in [-0.15, -0.1) is 0 Å². The number of hydrogen-bond acceptors (Lipinski definition) is 5. The Morgan fingerprint density at radius 1 is 0.935 bits per heavy atom. The van der Waals surface area contributed by atoms with Crippen LogP contribution in [0.4, 0.5) is 4.79 Å². The summed E-state index contributed by atoms with van der Waals surface area (Å²) in [5.41, 5.74) is 7.86. The summed E-state index contributed by atoms with van der Waals surface area (Å²) in [5, 5.41) is 0. The molecule has 0 radical (unpaired) electrons. The molecule has 1 heterocycles. The number of nitrogens with zero attached hydrogens (tertiary/aromatic N) is 2. The van der Waals surface area contributed by atoms with Crippen LogP contribution in [0.5, 0.6) is 11.5 Å². The van der Waals surface area contributed by atoms with Crippen molar-refractivity contribution in [3.05, 3.63) is 103 Å². The van der Waals surface area contributed by atoms with Crippen LogP contribution >= 0.6 is 0 Å². The van der Waals surface area contributed by atoms with Crippen LogP contribution in [0.2, 0.25) is 0 Å². The molecule has 31 heavy (non-hydrogen) atoms. The summed E-state index contributed by atoms with van der Waals surface area (Å²) >= 11 is 0. The molecule has 0 saturated heterocycles. The third kappa shape index (κ3) is 4.79. The van der Waals surface area contributed by atoms with Crippen LogP contribution in [0.1, 0.15) is 15.9 Å². The Morgan fingerprint density at radius 2 is 1.65 bits per heavy atom. The summed E-state index contributed by atoms with van der Waals surface area (Å²) in [7, 11) is 0. The quantitative estimate of drug-likeness (QED) is 0.509. The lowest BCUT2D eigenvalue weighted by Gasteiger charge is -2.11. The van der Waals surface area contributed by atoms with E-state index in [1.807, 2.05) is 36.4 Å². The zero-order chi connectivity index (χ0) is 21.6. The Hall–Kier alpha value is -4.39. The van der Waals surface area contributed by atoms with E-state index in [2.05, 4.69) is 4.98 Å². The van der Waals surface area contributed by atoms with Crippen LogP contribution in [0.3, 0.4) is 0 Å². The first-order chi connectivity index (χ1) is 15.1. The van der Waals surface area contributed by atoms with Crippen LogP contribution in [-0.2, 0) is 6.61 Å². The van der Waals surface area contributed by atoms with Crippen LogP contribution in [0.25, 0.3) is 11.3 Å². The van der Waals surface area contributed by atoms with Gasteiger partial charge in [0, 0.05) is 11.8 Å². The van der Waals surface area contributed by atoms with Crippen LogP contribution in [-0.4, -0.2) is 21.6 Å². The van der Waals surface area contributed by atoms with Gasteiger partial charge in [0.1, 0.15) is 24.4 Å². The molecule has 0 aliphatic heterocycles. The second-order valence-corrected chi connectivity index (χ2v) is 6.70. The number of carbonyl (C=O) groups excluding carboxylic acids is 2. The fourth-order valence-electron chi connectivity index (χ4n) is 2.96. The van der Waals surface area contributed by atoms with E-state index in [-0.39, 0.29) is 5.56 Å². The molecule has 3 aromatic carbocycles. The van der Waals surface area contributed by atoms with Crippen molar-refractivity contribution in [1.82, 2.24) is 9.55 Å². The van der Waals surface area contributed by atoms with E-state index in [0.717, 1.165) is 5.56 Å². The molecule has 0 atom stereocenters. The van der Waals surface area contributed by atoms with E-state index in [1.165, 1.54) is 17.1 Å². The van der Waals surface area contributed by atoms with Gasteiger partial charge >= 0.3 is 6.09 Å². The molecule has 0 fully saturated rings. The van der Waals surface area contributed by atoms with E-state index >= 15 is 0 Å². The molecule has 0 aliphatic rings. The molecule has 2 N–H and O–H groups in total.